The molecule has 0 spiro atoms. The average molecular weight is 1210 g/mol. The summed E-state index contributed by atoms with van der Waals surface area (Å²) >= 11 is 0. The minimum Gasteiger partial charge on any atom is -0.462 e. The van der Waals surface area contributed by atoms with Crippen LogP contribution < -0.4 is 20.1 Å². The van der Waals surface area contributed by atoms with E-state index < -0.39 is 43.1 Å². The lowest BCUT2D eigenvalue weighted by atomic mass is 9.89. The zero-order chi connectivity index (χ0) is 149. The Morgan fingerprint density at radius 1 is 0.703 bits per heavy atom. The number of hydrogen-bond donors (Lipinski definition) is 7. The maximum absolute atomic E-state index is 13.9. The molecule has 4 aromatic carbocycles. The van der Waals surface area contributed by atoms with Crippen LogP contribution in [-0.2, 0) is 31.9 Å². The molecule has 13 nitrogen and oxygen atoms in total. The van der Waals surface area contributed by atoms with Gasteiger partial charge in [0.2, 0.25) is 24.4 Å². The van der Waals surface area contributed by atoms with Crippen molar-refractivity contribution in [2.24, 2.45) is 11.8 Å². The van der Waals surface area contributed by atoms with E-state index in [0.717, 1.165) is 22.3 Å². The van der Waals surface area contributed by atoms with Crippen molar-refractivity contribution in [3.8, 4) is 33.8 Å². The first kappa shape index (κ1) is 15.1. The van der Waals surface area contributed by atoms with Gasteiger partial charge in [-0.25, -0.2) is 8.78 Å². The van der Waals surface area contributed by atoms with Crippen molar-refractivity contribution in [2.45, 2.75) is 103 Å². The van der Waals surface area contributed by atoms with Gasteiger partial charge in [0.1, 0.15) is 35.3 Å². The molecule has 7 N–H and O–H groups in total. The minimum atomic E-state index is -1.27. The third-order valence-electron chi connectivity index (χ3n) is 11.4. The maximum atomic E-state index is 13.9. The van der Waals surface area contributed by atoms with E-state index in [1.165, 1.54) is 38.1 Å². The Balaban J connectivity index is -0.0000000204. The Hall–Kier alpha value is -5.26. The Bertz CT molecular complexity index is 2340. The number of halogens is 2. The molecule has 2 heterocycles. The van der Waals surface area contributed by atoms with E-state index in [2.05, 4.69) is 17.2 Å². The van der Waals surface area contributed by atoms with E-state index in [0.29, 0.717) is 61.4 Å². The Morgan fingerprint density at radius 2 is 1.14 bits per heavy atom. The minimum absolute atomic E-state index is 0. The molecule has 2 aliphatic rings. The van der Waals surface area contributed by atoms with Crippen molar-refractivity contribution in [1.82, 2.24) is 10.6 Å². The summed E-state index contributed by atoms with van der Waals surface area (Å²) in [5.74, 6) is -0.850. The molecule has 0 aliphatic carbocycles. The lowest BCUT2D eigenvalue weighted by Gasteiger charge is -2.41. The molecule has 15 heteroatoms. The molecular weight excluding hydrogens is 831 g/mol. The van der Waals surface area contributed by atoms with Crippen LogP contribution in [0.2, 0.25) is 0 Å². The SMILES string of the molecule is C=CC[C@@H]1O[C@@H](Oc2ccc(CCNC(C)=O)c(-c3cccc(F)c3)c2)[C@H](O)[C@H](O)[C@H]1C.CC(=O)NCCc1ccc(O[C@@H]2O[C@@H](CCO)[C@H](C)[C@@H](O)[C@H]2O)cc1-c1cccc(F)c1.[3HH].[3HH].[3H][3H].[3H][3H].[3H][3H].[3H][3H].[3H][3H].[3H][3H].[3H][3H].[3H][3H].[3H][3H].[3H][3H].[3H][3H].[3H][3H].[3H][3H].[3H][3H].[3H][3H].[3H][3H].[3H][3H].[3H][3H].[3H][3H].[3H][3H].[3H][3H].[3H][3H].[3H][3H].[3H][3H].[3H][3H].[3H][3H].[3H][3H].[3H][3H].[3H][3H].[3H][3H].[3H][3H].[3H][3H].[3H][3H].[3H][3H].[3H][3H].[3H][3H].[3H][3H].[3H][3H].[3H][3H].[3H][3H].[3H][3H].[3H][3H].[3H][3H].[3H][3H].[3H][3H].[3H][3H].[3H][3H].[3H][3H].[3H][3H].[3H][3H].[3H][3H]. The standard InChI is InChI=1S/C25H30FNO5.C24H30FNO6.53H2/c1-4-6-22-15(2)23(29)24(30)25(32-22)31-20-10-9-17(11-12-27-16(3)28)21(14-20)18-7-5-8-19(26)13-18;1-14-21(9-11-27)32-24(23(30)22(14)29)31-19-7-6-16(8-10-26-15(2)28)20(13-19)17-4-3-5-18(25)12-17;;;;;;;;;;;;;;;;;;;;;;;;;;;;;;;;;;;;;;;;;;;;;;;;;;;;;/h4-5,7-10,13-15,22-25,29-30H,1,6,11-12H2,2-3H3,(H,27,28);3-7,12-14,21-24,27,29-30H,8-11H2,1-2H3,(H,26,28);53*1H/t15-,22-,23+,24+,25+;14-,21-,22+,23+,24+;;;;;;;;;;;;;;;;;;;;;;;;;;;;;;;;;;;;;;;;;;;;;;;;;;;;;/m00...................................................../s1/i;;51*1+2T;2*1+2. The van der Waals surface area contributed by atoms with Crippen LogP contribution in [0, 0.1) is 23.5 Å². The van der Waals surface area contributed by atoms with Crippen molar-refractivity contribution in [3.63, 3.8) is 0 Å². The first-order valence-electron chi connectivity index (χ1n) is 72.4. The number of amides is 2. The lowest BCUT2D eigenvalue weighted by molar-refractivity contribution is -0.257. The molecule has 2 aliphatic heterocycles. The molecule has 2 amide bonds. The molecule has 2 saturated heterocycles. The number of nitrogens with one attached hydrogen (secondary N) is 2. The highest BCUT2D eigenvalue weighted by molar-refractivity contribution is 5.74. The van der Waals surface area contributed by atoms with Crippen LogP contribution in [0.15, 0.2) is 97.6 Å². The zero-order valence-corrected chi connectivity index (χ0v) is 36.5. The number of hydrogen-bond acceptors (Lipinski definition) is 11. The van der Waals surface area contributed by atoms with E-state index in [9.17, 15) is 43.9 Å². The van der Waals surface area contributed by atoms with Gasteiger partial charge >= 0.3 is 0 Å². The average Bonchev–Trinajstić information content (AvgIpc) is 0.801. The fourth-order valence-electron chi connectivity index (χ4n) is 7.78. The van der Waals surface area contributed by atoms with Gasteiger partial charge in [-0.3, -0.25) is 9.59 Å². The fourth-order valence-corrected chi connectivity index (χ4v) is 7.78. The molecule has 0 bridgehead atoms. The third-order valence-corrected chi connectivity index (χ3v) is 11.4. The largest absolute Gasteiger partial charge is 0.462 e. The Kier molecular flexibility index (Phi) is 5.58. The molecule has 0 radical (unpaired) electrons. The normalized spacial score (nSPS) is 31.7. The van der Waals surface area contributed by atoms with E-state index in [1.54, 1.807) is 61.5 Å². The van der Waals surface area contributed by atoms with Gasteiger partial charge in [-0.15, -0.1) is 6.58 Å². The number of aliphatic hydroxyl groups is 5. The monoisotopic (exact) mass is 1210 g/mol. The maximum Gasteiger partial charge on any atom is 0.228 e. The Labute approximate surface area is 533 Å². The van der Waals surface area contributed by atoms with Gasteiger partial charge in [0.15, 0.2) is 0 Å². The molecule has 2 fully saturated rings. The molecule has 452 valence electrons. The van der Waals surface area contributed by atoms with Crippen LogP contribution in [0.4, 0.5) is 8.78 Å². The molecule has 10 atom stereocenters. The number of rotatable bonds is 16. The smallest absolute Gasteiger partial charge is 0.228 e. The van der Waals surface area contributed by atoms with Gasteiger partial charge in [0.05, 0.1) is 24.4 Å². The van der Waals surface area contributed by atoms with Crippen molar-refractivity contribution >= 4 is 11.8 Å². The number of carbonyl (C=O) groups excluding carboxylic acids is 2. The summed E-state index contributed by atoms with van der Waals surface area (Å²) < 4.78 is 561. The van der Waals surface area contributed by atoms with Gasteiger partial charge in [-0.2, -0.15) is 0 Å². The second-order valence-electron chi connectivity index (χ2n) is 16.2. The molecule has 0 unspecified atom stereocenters. The van der Waals surface area contributed by atoms with Crippen LogP contribution in [0.5, 0.6) is 11.5 Å². The predicted octanol–water partition coefficient (Wildman–Crippen LogP) is 18.3. The van der Waals surface area contributed by atoms with Gasteiger partial charge in [0, 0.05) is 200 Å². The molecule has 0 saturated carbocycles. The van der Waals surface area contributed by atoms with E-state index in [4.69, 9.17) is 170 Å². The van der Waals surface area contributed by atoms with E-state index in [1.807, 2.05) is 19.1 Å². The number of ether oxygens (including phenoxy) is 4. The third kappa shape index (κ3) is 13.4. The number of benzene rings is 4. The van der Waals surface area contributed by atoms with Crippen molar-refractivity contribution < 1.29 is 217 Å². The highest BCUT2D eigenvalue weighted by Gasteiger charge is 2.44. The van der Waals surface area contributed by atoms with Crippen molar-refractivity contribution in [3.05, 3.63) is 120 Å². The fraction of sp³-hybridized carbons (Fsp3) is 0.429. The zero-order valence-electron chi connectivity index (χ0n) is 139. The summed E-state index contributed by atoms with van der Waals surface area (Å²) in [6, 6.07) is 22.9. The van der Waals surface area contributed by atoms with Crippen LogP contribution in [0.1, 0.15) is 206 Å². The van der Waals surface area contributed by atoms with E-state index in [-0.39, 0.29) is 50.8 Å². The highest BCUT2D eigenvalue weighted by atomic mass is 19.1. The molecule has 4 aromatic rings. The van der Waals surface area contributed by atoms with Crippen LogP contribution in [-0.4, -0.2) is 106 Å². The Morgan fingerprint density at radius 3 is 1.55 bits per heavy atom. The first-order chi connectivity index (χ1) is 81.6. The summed E-state index contributed by atoms with van der Waals surface area (Å²) in [5.41, 5.74) is 4.56. The van der Waals surface area contributed by atoms with Crippen molar-refractivity contribution in [1.29, 1.82) is 0 Å². The summed E-state index contributed by atoms with van der Waals surface area (Å²) in [7, 11) is 0. The lowest BCUT2D eigenvalue weighted by Crippen LogP contribution is -2.55. The summed E-state index contributed by atoms with van der Waals surface area (Å²) in [6.07, 6.45) is -3.94. The topological polar surface area (TPSA) is 196 Å². The summed E-state index contributed by atoms with van der Waals surface area (Å²) in [5, 5.41) is 56.5. The number of aliphatic hydroxyl groups excluding tert-OH is 5. The van der Waals surface area contributed by atoms with Crippen molar-refractivity contribution in [2.75, 3.05) is 19.7 Å². The van der Waals surface area contributed by atoms with Crippen LogP contribution in [0.25, 0.3) is 22.3 Å². The molecular formula is C49H166F2N2O11. The van der Waals surface area contributed by atoms with Crippen LogP contribution in [0.3, 0.4) is 0 Å². The molecule has 0 aromatic heterocycles. The van der Waals surface area contributed by atoms with E-state index >= 15 is 0 Å². The van der Waals surface area contributed by atoms with Gasteiger partial charge in [-0.05, 0) is 108 Å². The molecule has 6 rings (SSSR count). The summed E-state index contributed by atoms with van der Waals surface area (Å²) in [4.78, 5) is 22.4. The second-order valence-corrected chi connectivity index (χ2v) is 16.2. The van der Waals surface area contributed by atoms with Crippen LogP contribution >= 0.6 is 0 Å². The molecule has 64 heavy (non-hydrogen) atoms. The van der Waals surface area contributed by atoms with Gasteiger partial charge in [0.25, 0.3) is 0 Å². The highest BCUT2D eigenvalue weighted by Crippen LogP contribution is 2.35. The predicted molar refractivity (Wildman–Crippen MR) is 348 cm³/mol. The second kappa shape index (κ2) is 23.6. The van der Waals surface area contributed by atoms with Gasteiger partial charge < -0.3 is 55.1 Å². The number of carbonyl (C=O) groups is 2. The van der Waals surface area contributed by atoms with Gasteiger partial charge in [-0.1, -0.05) is 56.3 Å². The summed E-state index contributed by atoms with van der Waals surface area (Å²) in [6.45, 7) is 10.9. The quantitative estimate of drug-likeness (QED) is 0.0527. The first-order valence-corrected chi connectivity index (χ1v) is 21.4.